The van der Waals surface area contributed by atoms with Crippen LogP contribution in [0.4, 0.5) is 5.13 Å². The van der Waals surface area contributed by atoms with Crippen molar-refractivity contribution >= 4 is 16.7 Å². The topological polar surface area (TPSA) is 29.0 Å². The Morgan fingerprint density at radius 1 is 1.26 bits per heavy atom. The zero-order valence-electron chi connectivity index (χ0n) is 11.5. The van der Waals surface area contributed by atoms with Crippen molar-refractivity contribution in [3.63, 3.8) is 0 Å². The summed E-state index contributed by atoms with van der Waals surface area (Å²) in [5, 5.41) is 1.04. The number of likely N-dealkylation sites (N-methyl/N-ethyl adjacent to an activating group) is 1. The van der Waals surface area contributed by atoms with Crippen LogP contribution in [-0.4, -0.2) is 22.9 Å². The van der Waals surface area contributed by atoms with Gasteiger partial charge in [-0.05, 0) is 18.4 Å². The second-order valence-electron chi connectivity index (χ2n) is 5.35. The average Bonchev–Trinajstić information content (AvgIpc) is 3.06. The van der Waals surface area contributed by atoms with Crippen LogP contribution in [-0.2, 0) is 11.8 Å². The molecule has 1 fully saturated rings. The predicted molar refractivity (Wildman–Crippen MR) is 79.9 cm³/mol. The van der Waals surface area contributed by atoms with Crippen LogP contribution >= 0.6 is 11.5 Å². The fourth-order valence-electron chi connectivity index (χ4n) is 2.55. The van der Waals surface area contributed by atoms with Crippen molar-refractivity contribution in [1.82, 2.24) is 9.36 Å². The van der Waals surface area contributed by atoms with E-state index in [0.29, 0.717) is 5.41 Å². The van der Waals surface area contributed by atoms with E-state index in [-0.39, 0.29) is 0 Å². The Hall–Kier alpha value is -1.42. The molecule has 1 aromatic carbocycles. The second kappa shape index (κ2) is 4.93. The van der Waals surface area contributed by atoms with Crippen LogP contribution in [0.2, 0.25) is 0 Å². The van der Waals surface area contributed by atoms with E-state index < -0.39 is 0 Å². The Morgan fingerprint density at radius 3 is 2.58 bits per heavy atom. The molecule has 0 amide bonds. The van der Waals surface area contributed by atoms with Crippen LogP contribution in [0, 0.1) is 0 Å². The van der Waals surface area contributed by atoms with Crippen LogP contribution in [0.5, 0.6) is 0 Å². The van der Waals surface area contributed by atoms with E-state index in [9.17, 15) is 0 Å². The number of rotatable bonds is 5. The maximum Gasteiger partial charge on any atom is 0.204 e. The van der Waals surface area contributed by atoms with Crippen molar-refractivity contribution in [2.45, 2.75) is 31.6 Å². The van der Waals surface area contributed by atoms with Gasteiger partial charge in [0, 0.05) is 37.0 Å². The van der Waals surface area contributed by atoms with Crippen molar-refractivity contribution in [3.8, 4) is 0 Å². The van der Waals surface area contributed by atoms with Crippen LogP contribution in [0.1, 0.15) is 31.2 Å². The molecule has 4 heteroatoms. The molecule has 1 saturated carbocycles. The Morgan fingerprint density at radius 2 is 2.00 bits per heavy atom. The Labute approximate surface area is 118 Å². The molecule has 19 heavy (non-hydrogen) atoms. The summed E-state index contributed by atoms with van der Waals surface area (Å²) in [5.41, 5.74) is 1.80. The lowest BCUT2D eigenvalue weighted by molar-refractivity contribution is 0.671. The average molecular weight is 273 g/mol. The third kappa shape index (κ3) is 2.50. The van der Waals surface area contributed by atoms with Crippen LogP contribution in [0.25, 0.3) is 0 Å². The summed E-state index contributed by atoms with van der Waals surface area (Å²) < 4.78 is 4.37. The van der Waals surface area contributed by atoms with Gasteiger partial charge < -0.3 is 4.90 Å². The standard InChI is InChI=1S/C15H19N3S/c1-3-13-16-14(19-17-13)18(2)11-15(9-10-15)12-7-5-4-6-8-12/h4-8H,3,9-11H2,1-2H3. The first kappa shape index (κ1) is 12.6. The molecule has 1 aliphatic rings. The molecule has 0 spiro atoms. The Bertz CT molecular complexity index is 546. The molecule has 100 valence electrons. The second-order valence-corrected chi connectivity index (χ2v) is 6.08. The number of nitrogens with zero attached hydrogens (tertiary/aromatic N) is 3. The van der Waals surface area contributed by atoms with E-state index in [1.807, 2.05) is 0 Å². The molecule has 1 heterocycles. The lowest BCUT2D eigenvalue weighted by atomic mass is 9.96. The van der Waals surface area contributed by atoms with Crippen LogP contribution in [0.15, 0.2) is 30.3 Å². The Kier molecular flexibility index (Phi) is 3.27. The number of aromatic nitrogens is 2. The number of benzene rings is 1. The van der Waals surface area contributed by atoms with Gasteiger partial charge in [-0.2, -0.15) is 4.37 Å². The fourth-order valence-corrected chi connectivity index (χ4v) is 3.25. The molecule has 1 aliphatic carbocycles. The van der Waals surface area contributed by atoms with Gasteiger partial charge in [-0.3, -0.25) is 0 Å². The normalized spacial score (nSPS) is 16.3. The number of hydrogen-bond acceptors (Lipinski definition) is 4. The summed E-state index contributed by atoms with van der Waals surface area (Å²) >= 11 is 1.51. The van der Waals surface area contributed by atoms with Gasteiger partial charge in [-0.15, -0.1) is 0 Å². The molecule has 0 saturated heterocycles. The van der Waals surface area contributed by atoms with Crippen molar-refractivity contribution in [2.75, 3.05) is 18.5 Å². The van der Waals surface area contributed by atoms with Gasteiger partial charge in [0.05, 0.1) is 0 Å². The minimum absolute atomic E-state index is 0.341. The van der Waals surface area contributed by atoms with Crippen LogP contribution < -0.4 is 4.90 Å². The predicted octanol–water partition coefficient (Wildman–Crippen LogP) is 3.27. The molecule has 0 aliphatic heterocycles. The maximum absolute atomic E-state index is 4.57. The van der Waals surface area contributed by atoms with Gasteiger partial charge >= 0.3 is 0 Å². The fraction of sp³-hybridized carbons (Fsp3) is 0.467. The zero-order valence-corrected chi connectivity index (χ0v) is 12.3. The van der Waals surface area contributed by atoms with Gasteiger partial charge in [-0.1, -0.05) is 37.3 Å². The largest absolute Gasteiger partial charge is 0.349 e. The summed E-state index contributed by atoms with van der Waals surface area (Å²) in [6.07, 6.45) is 3.47. The molecule has 0 bridgehead atoms. The van der Waals surface area contributed by atoms with E-state index in [1.54, 1.807) is 0 Å². The van der Waals surface area contributed by atoms with E-state index in [0.717, 1.165) is 23.9 Å². The molecule has 1 aromatic heterocycles. The number of aryl methyl sites for hydroxylation is 1. The number of hydrogen-bond donors (Lipinski definition) is 0. The third-order valence-corrected chi connectivity index (χ3v) is 4.75. The summed E-state index contributed by atoms with van der Waals surface area (Å²) in [4.78, 5) is 6.83. The molecule has 3 rings (SSSR count). The third-order valence-electron chi connectivity index (χ3n) is 3.88. The molecular weight excluding hydrogens is 254 g/mol. The highest BCUT2D eigenvalue weighted by molar-refractivity contribution is 7.09. The minimum Gasteiger partial charge on any atom is -0.349 e. The van der Waals surface area contributed by atoms with E-state index >= 15 is 0 Å². The summed E-state index contributed by atoms with van der Waals surface area (Å²) in [6.45, 7) is 3.13. The molecule has 0 N–H and O–H groups in total. The van der Waals surface area contributed by atoms with Gasteiger partial charge in [0.1, 0.15) is 5.82 Å². The Balaban J connectivity index is 1.74. The summed E-state index contributed by atoms with van der Waals surface area (Å²) in [6, 6.07) is 10.9. The highest BCUT2D eigenvalue weighted by Crippen LogP contribution is 2.48. The first-order chi connectivity index (χ1) is 9.23. The minimum atomic E-state index is 0.341. The summed E-state index contributed by atoms with van der Waals surface area (Å²) in [7, 11) is 2.13. The van der Waals surface area contributed by atoms with E-state index in [2.05, 4.69) is 58.6 Å². The highest BCUT2D eigenvalue weighted by Gasteiger charge is 2.45. The van der Waals surface area contributed by atoms with Gasteiger partial charge in [-0.25, -0.2) is 4.98 Å². The first-order valence-electron chi connectivity index (χ1n) is 6.83. The molecular formula is C15H19N3S. The molecule has 0 unspecified atom stereocenters. The van der Waals surface area contributed by atoms with Crippen LogP contribution in [0.3, 0.4) is 0 Å². The van der Waals surface area contributed by atoms with Gasteiger partial charge in [0.25, 0.3) is 0 Å². The SMILES string of the molecule is CCc1nsc(N(C)CC2(c3ccccc3)CC2)n1. The highest BCUT2D eigenvalue weighted by atomic mass is 32.1. The molecule has 0 radical (unpaired) electrons. The molecule has 3 nitrogen and oxygen atoms in total. The van der Waals surface area contributed by atoms with Gasteiger partial charge in [0.2, 0.25) is 5.13 Å². The van der Waals surface area contributed by atoms with Gasteiger partial charge in [0.15, 0.2) is 0 Å². The molecule has 2 aromatic rings. The zero-order chi connectivity index (χ0) is 13.3. The summed E-state index contributed by atoms with van der Waals surface area (Å²) in [5.74, 6) is 0.955. The molecule has 0 atom stereocenters. The van der Waals surface area contributed by atoms with Crippen molar-refractivity contribution in [3.05, 3.63) is 41.7 Å². The van der Waals surface area contributed by atoms with Crippen molar-refractivity contribution in [1.29, 1.82) is 0 Å². The van der Waals surface area contributed by atoms with E-state index in [1.165, 1.54) is 29.9 Å². The lowest BCUT2D eigenvalue weighted by Gasteiger charge is -2.23. The van der Waals surface area contributed by atoms with Crippen molar-refractivity contribution < 1.29 is 0 Å². The first-order valence-corrected chi connectivity index (χ1v) is 7.60. The number of anilines is 1. The van der Waals surface area contributed by atoms with Crippen molar-refractivity contribution in [2.24, 2.45) is 0 Å². The lowest BCUT2D eigenvalue weighted by Crippen LogP contribution is -2.29. The monoisotopic (exact) mass is 273 g/mol. The quantitative estimate of drug-likeness (QED) is 0.837. The maximum atomic E-state index is 4.57. The van der Waals surface area contributed by atoms with E-state index in [4.69, 9.17) is 0 Å². The smallest absolute Gasteiger partial charge is 0.204 e.